The summed E-state index contributed by atoms with van der Waals surface area (Å²) in [5.41, 5.74) is 8.33. The maximum Gasteiger partial charge on any atom is 0.137 e. The van der Waals surface area contributed by atoms with Crippen molar-refractivity contribution in [3.05, 3.63) is 63.9 Å². The Kier molecular flexibility index (Phi) is 3.29. The van der Waals surface area contributed by atoms with Crippen molar-refractivity contribution in [3.63, 3.8) is 0 Å². The number of hydrogen-bond acceptors (Lipinski definition) is 2. The highest BCUT2D eigenvalue weighted by molar-refractivity contribution is 9.10. The SMILES string of the molecule is NC(c1ccc(F)c(Br)c1)C1COc2ccccc21. The molecule has 0 bridgehead atoms. The minimum atomic E-state index is -0.279. The number of hydrogen-bond donors (Lipinski definition) is 1. The van der Waals surface area contributed by atoms with Gasteiger partial charge >= 0.3 is 0 Å². The van der Waals surface area contributed by atoms with Gasteiger partial charge in [0.2, 0.25) is 0 Å². The second-order valence-corrected chi connectivity index (χ2v) is 5.51. The molecule has 0 saturated heterocycles. The lowest BCUT2D eigenvalue weighted by atomic mass is 9.89. The van der Waals surface area contributed by atoms with Crippen LogP contribution in [0.25, 0.3) is 0 Å². The van der Waals surface area contributed by atoms with Crippen LogP contribution in [0.3, 0.4) is 0 Å². The molecular weight excluding hydrogens is 309 g/mol. The molecule has 0 radical (unpaired) electrons. The van der Waals surface area contributed by atoms with Crippen LogP contribution in [0.2, 0.25) is 0 Å². The fourth-order valence-electron chi connectivity index (χ4n) is 2.44. The molecule has 19 heavy (non-hydrogen) atoms. The molecule has 3 rings (SSSR count). The molecule has 2 aromatic rings. The molecule has 98 valence electrons. The van der Waals surface area contributed by atoms with Crippen molar-refractivity contribution in [2.45, 2.75) is 12.0 Å². The summed E-state index contributed by atoms with van der Waals surface area (Å²) in [5, 5.41) is 0. The van der Waals surface area contributed by atoms with Crippen LogP contribution in [0.4, 0.5) is 4.39 Å². The quantitative estimate of drug-likeness (QED) is 0.914. The van der Waals surface area contributed by atoms with Gasteiger partial charge in [0.15, 0.2) is 0 Å². The Hall–Kier alpha value is -1.39. The predicted molar refractivity (Wildman–Crippen MR) is 75.7 cm³/mol. The average Bonchev–Trinajstić information content (AvgIpc) is 2.85. The lowest BCUT2D eigenvalue weighted by molar-refractivity contribution is 0.315. The van der Waals surface area contributed by atoms with Crippen molar-refractivity contribution in [2.75, 3.05) is 6.61 Å². The highest BCUT2D eigenvalue weighted by Crippen LogP contribution is 2.40. The van der Waals surface area contributed by atoms with E-state index in [1.165, 1.54) is 6.07 Å². The highest BCUT2D eigenvalue weighted by atomic mass is 79.9. The van der Waals surface area contributed by atoms with Crippen LogP contribution < -0.4 is 10.5 Å². The second kappa shape index (κ2) is 4.94. The number of benzene rings is 2. The summed E-state index contributed by atoms with van der Waals surface area (Å²) in [5.74, 6) is 0.719. The molecule has 2 nitrogen and oxygen atoms in total. The van der Waals surface area contributed by atoms with Crippen LogP contribution in [0.15, 0.2) is 46.9 Å². The van der Waals surface area contributed by atoms with Crippen molar-refractivity contribution < 1.29 is 9.13 Å². The maximum atomic E-state index is 13.3. The first-order chi connectivity index (χ1) is 9.16. The summed E-state index contributed by atoms with van der Waals surface area (Å²) in [6.07, 6.45) is 0. The Morgan fingerprint density at radius 2 is 2.05 bits per heavy atom. The lowest BCUT2D eigenvalue weighted by Gasteiger charge is -2.19. The van der Waals surface area contributed by atoms with Crippen LogP contribution in [-0.4, -0.2) is 6.61 Å². The van der Waals surface area contributed by atoms with Gasteiger partial charge in [0.25, 0.3) is 0 Å². The van der Waals surface area contributed by atoms with Crippen LogP contribution in [0.5, 0.6) is 5.75 Å². The van der Waals surface area contributed by atoms with Gasteiger partial charge in [-0.1, -0.05) is 24.3 Å². The first-order valence-corrected chi connectivity index (χ1v) is 6.88. The van der Waals surface area contributed by atoms with Crippen molar-refractivity contribution in [3.8, 4) is 5.75 Å². The first kappa shape index (κ1) is 12.6. The second-order valence-electron chi connectivity index (χ2n) is 4.65. The van der Waals surface area contributed by atoms with Gasteiger partial charge in [-0.05, 0) is 39.7 Å². The van der Waals surface area contributed by atoms with Gasteiger partial charge in [-0.15, -0.1) is 0 Å². The van der Waals surface area contributed by atoms with Gasteiger partial charge in [-0.25, -0.2) is 4.39 Å². The first-order valence-electron chi connectivity index (χ1n) is 6.09. The molecule has 2 unspecified atom stereocenters. The van der Waals surface area contributed by atoms with Gasteiger partial charge < -0.3 is 10.5 Å². The van der Waals surface area contributed by atoms with Gasteiger partial charge in [0.1, 0.15) is 11.6 Å². The topological polar surface area (TPSA) is 35.2 Å². The third-order valence-corrected chi connectivity index (χ3v) is 4.11. The molecule has 1 heterocycles. The maximum absolute atomic E-state index is 13.3. The number of halogens is 2. The van der Waals surface area contributed by atoms with E-state index < -0.39 is 0 Å². The number of ether oxygens (including phenoxy) is 1. The molecule has 0 aliphatic carbocycles. The van der Waals surface area contributed by atoms with Crippen LogP contribution in [0, 0.1) is 5.82 Å². The minimum absolute atomic E-state index is 0.105. The van der Waals surface area contributed by atoms with E-state index in [1.807, 2.05) is 24.3 Å². The third kappa shape index (κ3) is 2.26. The van der Waals surface area contributed by atoms with E-state index in [4.69, 9.17) is 10.5 Å². The zero-order chi connectivity index (χ0) is 13.4. The Morgan fingerprint density at radius 3 is 2.84 bits per heavy atom. The summed E-state index contributed by atoms with van der Waals surface area (Å²) < 4.78 is 19.3. The highest BCUT2D eigenvalue weighted by Gasteiger charge is 2.30. The van der Waals surface area contributed by atoms with Crippen molar-refractivity contribution in [1.29, 1.82) is 0 Å². The fourth-order valence-corrected chi connectivity index (χ4v) is 2.83. The third-order valence-electron chi connectivity index (χ3n) is 3.50. The molecule has 0 aromatic heterocycles. The zero-order valence-corrected chi connectivity index (χ0v) is 11.7. The monoisotopic (exact) mass is 321 g/mol. The van der Waals surface area contributed by atoms with Crippen molar-refractivity contribution in [2.24, 2.45) is 5.73 Å². The summed E-state index contributed by atoms with van der Waals surface area (Å²) >= 11 is 3.19. The Bertz CT molecular complexity index is 617. The minimum Gasteiger partial charge on any atom is -0.493 e. The summed E-state index contributed by atoms with van der Waals surface area (Å²) in [6.45, 7) is 0.565. The number of para-hydroxylation sites is 1. The number of nitrogens with two attached hydrogens (primary N) is 1. The van der Waals surface area contributed by atoms with E-state index in [0.717, 1.165) is 16.9 Å². The molecule has 0 saturated carbocycles. The molecule has 2 N–H and O–H groups in total. The molecule has 1 aliphatic heterocycles. The van der Waals surface area contributed by atoms with Crippen molar-refractivity contribution in [1.82, 2.24) is 0 Å². The van der Waals surface area contributed by atoms with E-state index in [1.54, 1.807) is 12.1 Å². The van der Waals surface area contributed by atoms with Gasteiger partial charge in [0, 0.05) is 17.5 Å². The van der Waals surface area contributed by atoms with Gasteiger partial charge in [-0.2, -0.15) is 0 Å². The van der Waals surface area contributed by atoms with Crippen molar-refractivity contribution >= 4 is 15.9 Å². The predicted octanol–water partition coefficient (Wildman–Crippen LogP) is 3.76. The molecule has 0 spiro atoms. The van der Waals surface area contributed by atoms with Crippen LogP contribution >= 0.6 is 15.9 Å². The van der Waals surface area contributed by atoms with E-state index in [2.05, 4.69) is 15.9 Å². The fraction of sp³-hybridized carbons (Fsp3) is 0.200. The van der Waals surface area contributed by atoms with E-state index in [-0.39, 0.29) is 17.8 Å². The van der Waals surface area contributed by atoms with Crippen LogP contribution in [-0.2, 0) is 0 Å². The number of rotatable bonds is 2. The van der Waals surface area contributed by atoms with Gasteiger partial charge in [0.05, 0.1) is 11.1 Å². The molecule has 2 atom stereocenters. The largest absolute Gasteiger partial charge is 0.493 e. The summed E-state index contributed by atoms with van der Waals surface area (Å²) in [6, 6.07) is 12.6. The molecule has 0 fully saturated rings. The Labute approximate surface area is 119 Å². The normalized spacial score (nSPS) is 18.8. The van der Waals surface area contributed by atoms with E-state index in [0.29, 0.717) is 11.1 Å². The molecule has 4 heteroatoms. The van der Waals surface area contributed by atoms with Crippen LogP contribution in [0.1, 0.15) is 23.1 Å². The van der Waals surface area contributed by atoms with Gasteiger partial charge in [-0.3, -0.25) is 0 Å². The van der Waals surface area contributed by atoms with E-state index in [9.17, 15) is 4.39 Å². The summed E-state index contributed by atoms with van der Waals surface area (Å²) in [7, 11) is 0. The van der Waals surface area contributed by atoms with E-state index >= 15 is 0 Å². The zero-order valence-electron chi connectivity index (χ0n) is 10.1. The molecule has 1 aliphatic rings. The smallest absolute Gasteiger partial charge is 0.137 e. The molecule has 2 aromatic carbocycles. The molecular formula is C15H13BrFNO. The Morgan fingerprint density at radius 1 is 1.26 bits per heavy atom. The lowest BCUT2D eigenvalue weighted by Crippen LogP contribution is -2.21. The molecule has 0 amide bonds. The average molecular weight is 322 g/mol. The standard InChI is InChI=1S/C15H13BrFNO/c16-12-7-9(5-6-13(12)17)15(18)11-8-19-14-4-2-1-3-10(11)14/h1-7,11,15H,8,18H2. The number of fused-ring (bicyclic) bond motifs is 1. The Balaban J connectivity index is 1.93. The summed E-state index contributed by atoms with van der Waals surface area (Å²) in [4.78, 5) is 0.